The Kier molecular flexibility index (Phi) is 5.61. The van der Waals surface area contributed by atoms with E-state index in [1.165, 1.54) is 6.07 Å². The number of hydrogen-bond donors (Lipinski definition) is 1. The van der Waals surface area contributed by atoms with Gasteiger partial charge in [0.1, 0.15) is 5.82 Å². The van der Waals surface area contributed by atoms with Crippen LogP contribution in [0.1, 0.15) is 46.1 Å². The first-order chi connectivity index (χ1) is 8.46. The summed E-state index contributed by atoms with van der Waals surface area (Å²) in [5.41, 5.74) is 0.428. The Morgan fingerprint density at radius 2 is 1.89 bits per heavy atom. The summed E-state index contributed by atoms with van der Waals surface area (Å²) in [5, 5.41) is 3.95. The molecule has 0 amide bonds. The molecule has 0 unspecified atom stereocenters. The fourth-order valence-electron chi connectivity index (χ4n) is 2.35. The maximum absolute atomic E-state index is 14.1. The van der Waals surface area contributed by atoms with Crippen molar-refractivity contribution in [2.24, 2.45) is 0 Å². The fourth-order valence-corrected chi connectivity index (χ4v) is 2.71. The van der Waals surface area contributed by atoms with Gasteiger partial charge in [-0.15, -0.1) is 0 Å². The van der Waals surface area contributed by atoms with Gasteiger partial charge >= 0.3 is 0 Å². The van der Waals surface area contributed by atoms with Crippen LogP contribution in [-0.2, 0) is 5.41 Å². The zero-order valence-corrected chi connectivity index (χ0v) is 12.4. The van der Waals surface area contributed by atoms with Crippen molar-refractivity contribution < 1.29 is 4.39 Å². The van der Waals surface area contributed by atoms with E-state index >= 15 is 0 Å². The first-order valence-corrected chi connectivity index (χ1v) is 7.02. The minimum Gasteiger partial charge on any atom is -0.314 e. The van der Waals surface area contributed by atoms with Crippen molar-refractivity contribution in [3.63, 3.8) is 0 Å². The van der Waals surface area contributed by atoms with Crippen LogP contribution in [-0.4, -0.2) is 12.6 Å². The predicted octanol–water partition coefficient (Wildman–Crippen LogP) is 4.53. The lowest BCUT2D eigenvalue weighted by molar-refractivity contribution is 0.342. The largest absolute Gasteiger partial charge is 0.314 e. The molecule has 1 nitrogen and oxygen atoms in total. The molecule has 0 saturated heterocycles. The van der Waals surface area contributed by atoms with Crippen LogP contribution in [0.25, 0.3) is 0 Å². The molecule has 0 aliphatic rings. The van der Waals surface area contributed by atoms with Crippen LogP contribution in [0, 0.1) is 5.82 Å². The molecule has 0 spiro atoms. The van der Waals surface area contributed by atoms with Crippen molar-refractivity contribution in [2.75, 3.05) is 6.54 Å². The quantitative estimate of drug-likeness (QED) is 0.801. The van der Waals surface area contributed by atoms with Crippen molar-refractivity contribution in [1.29, 1.82) is 0 Å². The molecule has 0 radical (unpaired) electrons. The molecule has 0 saturated carbocycles. The van der Waals surface area contributed by atoms with Crippen LogP contribution in [0.4, 0.5) is 4.39 Å². The van der Waals surface area contributed by atoms with Gasteiger partial charge in [0.05, 0.1) is 0 Å². The standard InChI is InChI=1S/C15H23ClFN/c1-5-15(6-2,10-18-11(3)4)14-12(16)8-7-9-13(14)17/h7-9,11,18H,5-6,10H2,1-4H3. The number of rotatable bonds is 6. The molecule has 0 fully saturated rings. The first-order valence-electron chi connectivity index (χ1n) is 6.64. The van der Waals surface area contributed by atoms with Crippen molar-refractivity contribution in [3.05, 3.63) is 34.6 Å². The average molecular weight is 272 g/mol. The van der Waals surface area contributed by atoms with Gasteiger partial charge in [0.2, 0.25) is 0 Å². The summed E-state index contributed by atoms with van der Waals surface area (Å²) < 4.78 is 14.1. The summed E-state index contributed by atoms with van der Waals surface area (Å²) >= 11 is 6.22. The summed E-state index contributed by atoms with van der Waals surface area (Å²) in [7, 11) is 0. The van der Waals surface area contributed by atoms with Crippen molar-refractivity contribution >= 4 is 11.6 Å². The van der Waals surface area contributed by atoms with E-state index < -0.39 is 0 Å². The summed E-state index contributed by atoms with van der Waals surface area (Å²) in [6.07, 6.45) is 1.73. The first kappa shape index (κ1) is 15.5. The highest BCUT2D eigenvalue weighted by atomic mass is 35.5. The summed E-state index contributed by atoms with van der Waals surface area (Å²) in [4.78, 5) is 0. The molecule has 3 heteroatoms. The number of hydrogen-bond acceptors (Lipinski definition) is 1. The van der Waals surface area contributed by atoms with E-state index in [4.69, 9.17) is 11.6 Å². The minimum absolute atomic E-state index is 0.197. The molecule has 1 aromatic carbocycles. The number of nitrogens with one attached hydrogen (secondary N) is 1. The topological polar surface area (TPSA) is 12.0 Å². The second kappa shape index (κ2) is 6.53. The van der Waals surface area contributed by atoms with E-state index in [1.807, 2.05) is 0 Å². The van der Waals surface area contributed by atoms with Gasteiger partial charge in [-0.3, -0.25) is 0 Å². The molecule has 0 atom stereocenters. The maximum atomic E-state index is 14.1. The molecule has 0 aliphatic heterocycles. The zero-order chi connectivity index (χ0) is 13.8. The highest BCUT2D eigenvalue weighted by molar-refractivity contribution is 6.31. The molecule has 0 aromatic heterocycles. The summed E-state index contributed by atoms with van der Waals surface area (Å²) in [6, 6.07) is 5.31. The highest BCUT2D eigenvalue weighted by Crippen LogP contribution is 2.37. The Labute approximate surface area is 115 Å². The third kappa shape index (κ3) is 3.24. The lowest BCUT2D eigenvalue weighted by atomic mass is 9.75. The van der Waals surface area contributed by atoms with E-state index in [-0.39, 0.29) is 11.2 Å². The molecule has 0 bridgehead atoms. The smallest absolute Gasteiger partial charge is 0.128 e. The van der Waals surface area contributed by atoms with Gasteiger partial charge in [0.15, 0.2) is 0 Å². The van der Waals surface area contributed by atoms with Gasteiger partial charge in [-0.05, 0) is 25.0 Å². The molecule has 18 heavy (non-hydrogen) atoms. The zero-order valence-electron chi connectivity index (χ0n) is 11.7. The van der Waals surface area contributed by atoms with Crippen LogP contribution in [0.5, 0.6) is 0 Å². The van der Waals surface area contributed by atoms with Gasteiger partial charge in [0.25, 0.3) is 0 Å². The Bertz CT molecular complexity index is 366. The van der Waals surface area contributed by atoms with E-state index in [1.54, 1.807) is 12.1 Å². The SMILES string of the molecule is CCC(CC)(CNC(C)C)c1c(F)cccc1Cl. The van der Waals surface area contributed by atoms with Crippen molar-refractivity contribution in [3.8, 4) is 0 Å². The fraction of sp³-hybridized carbons (Fsp3) is 0.600. The number of halogens is 2. The van der Waals surface area contributed by atoms with Gasteiger partial charge in [0, 0.05) is 28.6 Å². The maximum Gasteiger partial charge on any atom is 0.128 e. The highest BCUT2D eigenvalue weighted by Gasteiger charge is 2.33. The van der Waals surface area contributed by atoms with E-state index in [2.05, 4.69) is 33.0 Å². The van der Waals surface area contributed by atoms with Crippen LogP contribution >= 0.6 is 11.6 Å². The summed E-state index contributed by atoms with van der Waals surface area (Å²) in [5.74, 6) is -0.197. The molecule has 1 aromatic rings. The summed E-state index contributed by atoms with van der Waals surface area (Å²) in [6.45, 7) is 9.12. The van der Waals surface area contributed by atoms with Crippen LogP contribution in [0.3, 0.4) is 0 Å². The Morgan fingerprint density at radius 3 is 2.33 bits per heavy atom. The van der Waals surface area contributed by atoms with Crippen LogP contribution < -0.4 is 5.32 Å². The Hall–Kier alpha value is -0.600. The molecular weight excluding hydrogens is 249 g/mol. The normalized spacial score (nSPS) is 12.2. The van der Waals surface area contributed by atoms with Crippen LogP contribution in [0.15, 0.2) is 18.2 Å². The lowest BCUT2D eigenvalue weighted by Crippen LogP contribution is -2.41. The van der Waals surface area contributed by atoms with Gasteiger partial charge in [-0.1, -0.05) is 45.4 Å². The third-order valence-corrected chi connectivity index (χ3v) is 4.01. The van der Waals surface area contributed by atoms with E-state index in [0.29, 0.717) is 16.6 Å². The minimum atomic E-state index is -0.229. The van der Waals surface area contributed by atoms with Gasteiger partial charge < -0.3 is 5.32 Å². The van der Waals surface area contributed by atoms with Gasteiger partial charge in [-0.25, -0.2) is 4.39 Å². The monoisotopic (exact) mass is 271 g/mol. The molecule has 0 heterocycles. The van der Waals surface area contributed by atoms with E-state index in [0.717, 1.165) is 19.4 Å². The molecule has 102 valence electrons. The predicted molar refractivity (Wildman–Crippen MR) is 76.8 cm³/mol. The van der Waals surface area contributed by atoms with Gasteiger partial charge in [-0.2, -0.15) is 0 Å². The van der Waals surface area contributed by atoms with Crippen molar-refractivity contribution in [2.45, 2.75) is 52.0 Å². The second-order valence-corrected chi connectivity index (χ2v) is 5.53. The molecular formula is C15H23ClFN. The third-order valence-electron chi connectivity index (χ3n) is 3.70. The molecule has 1 rings (SSSR count). The van der Waals surface area contributed by atoms with Crippen molar-refractivity contribution in [1.82, 2.24) is 5.32 Å². The van der Waals surface area contributed by atoms with E-state index in [9.17, 15) is 4.39 Å². The average Bonchev–Trinajstić information content (AvgIpc) is 2.33. The molecule has 0 aliphatic carbocycles. The Balaban J connectivity index is 3.17. The second-order valence-electron chi connectivity index (χ2n) is 5.12. The number of benzene rings is 1. The lowest BCUT2D eigenvalue weighted by Gasteiger charge is -2.34. The Morgan fingerprint density at radius 1 is 1.28 bits per heavy atom. The van der Waals surface area contributed by atoms with Crippen LogP contribution in [0.2, 0.25) is 5.02 Å². The molecule has 1 N–H and O–H groups in total.